The molecule has 2 rings (SSSR count). The van der Waals surface area contributed by atoms with Crippen molar-refractivity contribution in [2.75, 3.05) is 11.5 Å². The largest absolute Gasteiger partial charge is 0.488 e. The first-order valence-electron chi connectivity index (χ1n) is 5.40. The van der Waals surface area contributed by atoms with Crippen molar-refractivity contribution in [3.63, 3.8) is 0 Å². The van der Waals surface area contributed by atoms with E-state index in [2.05, 4.69) is 0 Å². The molecule has 1 aliphatic rings. The van der Waals surface area contributed by atoms with Gasteiger partial charge in [0.1, 0.15) is 17.6 Å². The second-order valence-corrected chi connectivity index (χ2v) is 6.49. The summed E-state index contributed by atoms with van der Waals surface area (Å²) in [5.41, 5.74) is 0.936. The molecule has 0 unspecified atom stereocenters. The Kier molecular flexibility index (Phi) is 3.19. The third-order valence-corrected chi connectivity index (χ3v) is 4.32. The highest BCUT2D eigenvalue weighted by molar-refractivity contribution is 7.92. The second kappa shape index (κ2) is 4.49. The summed E-state index contributed by atoms with van der Waals surface area (Å²) in [5.74, 6) is 0.964. The fourth-order valence-electron chi connectivity index (χ4n) is 1.75. The zero-order chi connectivity index (χ0) is 12.5. The number of hydrogen-bond donors (Lipinski definition) is 0. The lowest BCUT2D eigenvalue weighted by molar-refractivity contribution is -0.116. The SMILES string of the molecule is CC(=O)Cc1ccc(OC2CS(=O)(=O)C2)cc1. The van der Waals surface area contributed by atoms with Crippen LogP contribution in [-0.4, -0.2) is 31.8 Å². The van der Waals surface area contributed by atoms with Gasteiger partial charge in [-0.25, -0.2) is 8.42 Å². The molecule has 1 heterocycles. The van der Waals surface area contributed by atoms with Crippen LogP contribution in [0.15, 0.2) is 24.3 Å². The number of hydrogen-bond acceptors (Lipinski definition) is 4. The van der Waals surface area contributed by atoms with Crippen molar-refractivity contribution in [3.05, 3.63) is 29.8 Å². The smallest absolute Gasteiger partial charge is 0.157 e. The molecule has 0 aliphatic carbocycles. The van der Waals surface area contributed by atoms with Gasteiger partial charge >= 0.3 is 0 Å². The average Bonchev–Trinajstić information content (AvgIpc) is 2.17. The van der Waals surface area contributed by atoms with Gasteiger partial charge in [-0.15, -0.1) is 0 Å². The Bertz CT molecular complexity index is 504. The summed E-state index contributed by atoms with van der Waals surface area (Å²) in [6.07, 6.45) is 0.191. The quantitative estimate of drug-likeness (QED) is 0.804. The Balaban J connectivity index is 1.93. The normalized spacial score (nSPS) is 18.4. The molecule has 1 aromatic carbocycles. The van der Waals surface area contributed by atoms with Gasteiger partial charge in [-0.05, 0) is 24.6 Å². The fourth-order valence-corrected chi connectivity index (χ4v) is 2.92. The van der Waals surface area contributed by atoms with E-state index in [-0.39, 0.29) is 23.4 Å². The summed E-state index contributed by atoms with van der Waals surface area (Å²) in [7, 11) is -2.84. The summed E-state index contributed by atoms with van der Waals surface area (Å²) in [4.78, 5) is 10.9. The molecule has 0 saturated carbocycles. The molecule has 0 atom stereocenters. The van der Waals surface area contributed by atoms with Crippen molar-refractivity contribution >= 4 is 15.6 Å². The molecule has 5 heteroatoms. The maximum atomic E-state index is 10.9. The molecule has 17 heavy (non-hydrogen) atoms. The topological polar surface area (TPSA) is 60.4 Å². The van der Waals surface area contributed by atoms with Crippen LogP contribution in [0.25, 0.3) is 0 Å². The molecule has 0 aromatic heterocycles. The van der Waals surface area contributed by atoms with Gasteiger partial charge in [0.25, 0.3) is 0 Å². The van der Waals surface area contributed by atoms with Crippen molar-refractivity contribution < 1.29 is 17.9 Å². The summed E-state index contributed by atoms with van der Waals surface area (Å²) in [6.45, 7) is 1.55. The minimum absolute atomic E-state index is 0.0994. The highest BCUT2D eigenvalue weighted by Crippen LogP contribution is 2.20. The third kappa shape index (κ3) is 3.30. The number of benzene rings is 1. The molecule has 4 nitrogen and oxygen atoms in total. The van der Waals surface area contributed by atoms with Gasteiger partial charge in [0.15, 0.2) is 9.84 Å². The molecule has 1 aromatic rings. The van der Waals surface area contributed by atoms with Crippen LogP contribution in [0.5, 0.6) is 5.75 Å². The molecule has 0 amide bonds. The number of sulfone groups is 1. The fraction of sp³-hybridized carbons (Fsp3) is 0.417. The molecular formula is C12H14O4S. The van der Waals surface area contributed by atoms with E-state index in [9.17, 15) is 13.2 Å². The minimum Gasteiger partial charge on any atom is -0.488 e. The van der Waals surface area contributed by atoms with Crippen molar-refractivity contribution in [3.8, 4) is 5.75 Å². The van der Waals surface area contributed by atoms with Crippen molar-refractivity contribution in [2.24, 2.45) is 0 Å². The van der Waals surface area contributed by atoms with Crippen LogP contribution >= 0.6 is 0 Å². The zero-order valence-corrected chi connectivity index (χ0v) is 10.4. The van der Waals surface area contributed by atoms with E-state index in [0.717, 1.165) is 5.56 Å². The van der Waals surface area contributed by atoms with Gasteiger partial charge in [0.05, 0.1) is 11.5 Å². The van der Waals surface area contributed by atoms with Crippen LogP contribution in [-0.2, 0) is 21.1 Å². The van der Waals surface area contributed by atoms with Crippen LogP contribution in [0.3, 0.4) is 0 Å². The molecule has 0 spiro atoms. The Hall–Kier alpha value is -1.36. The molecule has 0 bridgehead atoms. The van der Waals surface area contributed by atoms with Gasteiger partial charge in [0.2, 0.25) is 0 Å². The summed E-state index contributed by atoms with van der Waals surface area (Å²) in [5, 5.41) is 0. The number of Topliss-reactive ketones (excluding diaryl/α,β-unsaturated/α-hetero) is 1. The predicted molar refractivity (Wildman–Crippen MR) is 63.9 cm³/mol. The van der Waals surface area contributed by atoms with E-state index in [1.165, 1.54) is 0 Å². The van der Waals surface area contributed by atoms with Crippen molar-refractivity contribution in [1.29, 1.82) is 0 Å². The van der Waals surface area contributed by atoms with Crippen molar-refractivity contribution in [1.82, 2.24) is 0 Å². The zero-order valence-electron chi connectivity index (χ0n) is 9.55. The summed E-state index contributed by atoms with van der Waals surface area (Å²) >= 11 is 0. The van der Waals surface area contributed by atoms with E-state index in [1.807, 2.05) is 12.1 Å². The highest BCUT2D eigenvalue weighted by atomic mass is 32.2. The lowest BCUT2D eigenvalue weighted by Crippen LogP contribution is -2.45. The van der Waals surface area contributed by atoms with Gasteiger partial charge < -0.3 is 4.74 Å². The summed E-state index contributed by atoms with van der Waals surface area (Å²) < 4.78 is 27.4. The molecule has 1 saturated heterocycles. The van der Waals surface area contributed by atoms with Crippen LogP contribution in [0.1, 0.15) is 12.5 Å². The maximum absolute atomic E-state index is 10.9. The van der Waals surface area contributed by atoms with Crippen LogP contribution in [0.4, 0.5) is 0 Å². The Morgan fingerprint density at radius 2 is 1.88 bits per heavy atom. The first kappa shape index (κ1) is 12.1. The Labute approximate surface area is 101 Å². The van der Waals surface area contributed by atoms with Gasteiger partial charge in [0, 0.05) is 6.42 Å². The molecule has 0 radical (unpaired) electrons. The van der Waals surface area contributed by atoms with Gasteiger partial charge in [-0.2, -0.15) is 0 Å². The summed E-state index contributed by atoms with van der Waals surface area (Å²) in [6, 6.07) is 7.18. The maximum Gasteiger partial charge on any atom is 0.157 e. The van der Waals surface area contributed by atoms with E-state index in [0.29, 0.717) is 12.2 Å². The van der Waals surface area contributed by atoms with Crippen LogP contribution in [0, 0.1) is 0 Å². The standard InChI is InChI=1S/C12H14O4S/c1-9(13)6-10-2-4-11(5-3-10)16-12-7-17(14,15)8-12/h2-5,12H,6-8H2,1H3. The minimum atomic E-state index is -2.84. The lowest BCUT2D eigenvalue weighted by atomic mass is 10.1. The average molecular weight is 254 g/mol. The number of carbonyl (C=O) groups is 1. The number of carbonyl (C=O) groups excluding carboxylic acids is 1. The molecule has 1 aliphatic heterocycles. The molecule has 92 valence electrons. The van der Waals surface area contributed by atoms with Gasteiger partial charge in [-0.3, -0.25) is 4.79 Å². The molecular weight excluding hydrogens is 240 g/mol. The Morgan fingerprint density at radius 1 is 1.29 bits per heavy atom. The van der Waals surface area contributed by atoms with E-state index in [4.69, 9.17) is 4.74 Å². The van der Waals surface area contributed by atoms with E-state index >= 15 is 0 Å². The number of ketones is 1. The van der Waals surface area contributed by atoms with Crippen LogP contribution < -0.4 is 4.74 Å². The highest BCUT2D eigenvalue weighted by Gasteiger charge is 2.35. The first-order chi connectivity index (χ1) is 7.94. The monoisotopic (exact) mass is 254 g/mol. The Morgan fingerprint density at radius 3 is 2.35 bits per heavy atom. The number of rotatable bonds is 4. The second-order valence-electron chi connectivity index (χ2n) is 4.34. The third-order valence-electron chi connectivity index (χ3n) is 2.56. The first-order valence-corrected chi connectivity index (χ1v) is 7.22. The predicted octanol–water partition coefficient (Wildman–Crippen LogP) is 0.994. The van der Waals surface area contributed by atoms with Gasteiger partial charge in [-0.1, -0.05) is 12.1 Å². The van der Waals surface area contributed by atoms with E-state index < -0.39 is 9.84 Å². The number of ether oxygens (including phenoxy) is 1. The van der Waals surface area contributed by atoms with Crippen LogP contribution in [0.2, 0.25) is 0 Å². The molecule has 0 N–H and O–H groups in total. The lowest BCUT2D eigenvalue weighted by Gasteiger charge is -2.26. The molecule has 1 fully saturated rings. The van der Waals surface area contributed by atoms with Crippen molar-refractivity contribution in [2.45, 2.75) is 19.4 Å². The van der Waals surface area contributed by atoms with E-state index in [1.54, 1.807) is 19.1 Å².